The molecule has 2 heterocycles. The molecule has 5 nitrogen and oxygen atoms in total. The second-order valence-electron chi connectivity index (χ2n) is 6.40. The minimum absolute atomic E-state index is 0.214. The Labute approximate surface area is 164 Å². The summed E-state index contributed by atoms with van der Waals surface area (Å²) in [5.41, 5.74) is 2.37. The maximum absolute atomic E-state index is 12.1. The number of fused-ring (bicyclic) bond motifs is 1. The molecule has 1 N–H and O–H groups in total. The molecule has 0 saturated carbocycles. The molecule has 27 heavy (non-hydrogen) atoms. The van der Waals surface area contributed by atoms with E-state index >= 15 is 0 Å². The number of thiophene rings is 1. The molecule has 0 fully saturated rings. The molecule has 0 bridgehead atoms. The first-order valence-corrected chi connectivity index (χ1v) is 10.3. The predicted molar refractivity (Wildman–Crippen MR) is 113 cm³/mol. The lowest BCUT2D eigenvalue weighted by atomic mass is 10.0. The van der Waals surface area contributed by atoms with Crippen molar-refractivity contribution in [1.82, 2.24) is 14.9 Å². The molecule has 142 valence electrons. The van der Waals surface area contributed by atoms with E-state index in [2.05, 4.69) is 34.3 Å². The first-order valence-electron chi connectivity index (χ1n) is 9.46. The van der Waals surface area contributed by atoms with Crippen LogP contribution in [0.2, 0.25) is 0 Å². The van der Waals surface area contributed by atoms with Crippen LogP contribution in [0.15, 0.2) is 36.7 Å². The quantitative estimate of drug-likeness (QED) is 0.572. The summed E-state index contributed by atoms with van der Waals surface area (Å²) in [6, 6.07) is 10.4. The highest BCUT2D eigenvalue weighted by Gasteiger charge is 2.16. The predicted octanol–water partition coefficient (Wildman–Crippen LogP) is 4.73. The third kappa shape index (κ3) is 4.27. The van der Waals surface area contributed by atoms with Gasteiger partial charge in [-0.05, 0) is 32.8 Å². The van der Waals surface area contributed by atoms with Crippen molar-refractivity contribution in [2.24, 2.45) is 0 Å². The third-order valence-corrected chi connectivity index (χ3v) is 5.72. The molecule has 0 aliphatic rings. The van der Waals surface area contributed by atoms with Crippen molar-refractivity contribution in [2.45, 2.75) is 33.6 Å². The Hall–Kier alpha value is -2.47. The molecule has 0 unspecified atom stereocenters. The molecule has 0 saturated heterocycles. The molecule has 1 amide bonds. The maximum atomic E-state index is 12.1. The zero-order chi connectivity index (χ0) is 19.2. The van der Waals surface area contributed by atoms with Crippen LogP contribution in [0.1, 0.15) is 31.6 Å². The van der Waals surface area contributed by atoms with Crippen LogP contribution in [0, 0.1) is 6.92 Å². The number of nitrogens with one attached hydrogen (secondary N) is 1. The molecule has 1 aromatic carbocycles. The second-order valence-corrected chi connectivity index (χ2v) is 7.60. The molecule has 0 aliphatic carbocycles. The van der Waals surface area contributed by atoms with E-state index in [4.69, 9.17) is 0 Å². The summed E-state index contributed by atoms with van der Waals surface area (Å²) in [5.74, 6) is 1.06. The highest BCUT2D eigenvalue weighted by molar-refractivity contribution is 7.19. The van der Waals surface area contributed by atoms with Crippen LogP contribution in [0.4, 0.5) is 5.82 Å². The number of amides is 1. The van der Waals surface area contributed by atoms with Gasteiger partial charge in [0.05, 0.1) is 5.39 Å². The lowest BCUT2D eigenvalue weighted by Crippen LogP contribution is -2.30. The number of nitrogens with zero attached hydrogens (tertiary/aromatic N) is 3. The Balaban J connectivity index is 1.77. The molecular weight excluding hydrogens is 356 g/mol. The Kier molecular flexibility index (Phi) is 6.40. The first-order chi connectivity index (χ1) is 13.2. The summed E-state index contributed by atoms with van der Waals surface area (Å²) < 4.78 is 0. The van der Waals surface area contributed by atoms with Gasteiger partial charge in [0.25, 0.3) is 0 Å². The van der Waals surface area contributed by atoms with Crippen LogP contribution in [0.3, 0.4) is 0 Å². The van der Waals surface area contributed by atoms with Crippen LogP contribution in [-0.4, -0.2) is 40.4 Å². The van der Waals surface area contributed by atoms with Gasteiger partial charge in [-0.15, -0.1) is 11.3 Å². The highest BCUT2D eigenvalue weighted by Crippen LogP contribution is 2.40. The maximum Gasteiger partial charge on any atom is 0.222 e. The fraction of sp³-hybridized carbons (Fsp3) is 0.381. The van der Waals surface area contributed by atoms with Gasteiger partial charge in [0.2, 0.25) is 5.91 Å². The topological polar surface area (TPSA) is 58.1 Å². The van der Waals surface area contributed by atoms with Gasteiger partial charge >= 0.3 is 0 Å². The number of carbonyl (C=O) groups is 1. The van der Waals surface area contributed by atoms with Crippen LogP contribution >= 0.6 is 11.3 Å². The number of carbonyl (C=O) groups excluding carboxylic acids is 1. The Morgan fingerprint density at radius 1 is 1.15 bits per heavy atom. The lowest BCUT2D eigenvalue weighted by molar-refractivity contribution is -0.130. The number of benzene rings is 1. The zero-order valence-electron chi connectivity index (χ0n) is 16.2. The molecule has 6 heteroatoms. The van der Waals surface area contributed by atoms with Gasteiger partial charge in [0, 0.05) is 36.5 Å². The van der Waals surface area contributed by atoms with E-state index in [9.17, 15) is 4.79 Å². The minimum atomic E-state index is 0.214. The van der Waals surface area contributed by atoms with Crippen molar-refractivity contribution in [3.63, 3.8) is 0 Å². The van der Waals surface area contributed by atoms with Gasteiger partial charge < -0.3 is 10.2 Å². The van der Waals surface area contributed by atoms with E-state index in [1.807, 2.05) is 36.9 Å². The van der Waals surface area contributed by atoms with E-state index in [-0.39, 0.29) is 5.91 Å². The van der Waals surface area contributed by atoms with Crippen molar-refractivity contribution in [2.75, 3.05) is 25.0 Å². The van der Waals surface area contributed by atoms with Crippen molar-refractivity contribution in [1.29, 1.82) is 0 Å². The fourth-order valence-electron chi connectivity index (χ4n) is 3.31. The average Bonchev–Trinajstić information content (AvgIpc) is 3.03. The van der Waals surface area contributed by atoms with Crippen LogP contribution in [0.5, 0.6) is 0 Å². The minimum Gasteiger partial charge on any atom is -0.369 e. The van der Waals surface area contributed by atoms with E-state index in [0.29, 0.717) is 13.0 Å². The third-order valence-electron chi connectivity index (χ3n) is 4.70. The SMILES string of the molecule is CCN(CC)C(=O)CCCNc1ncnc2sc(C)c(-c3ccccc3)c12. The van der Waals surface area contributed by atoms with Gasteiger partial charge in [0.15, 0.2) is 0 Å². The van der Waals surface area contributed by atoms with Gasteiger partial charge in [-0.2, -0.15) is 0 Å². The first kappa shape index (κ1) is 19.3. The number of anilines is 1. The Morgan fingerprint density at radius 3 is 2.59 bits per heavy atom. The Bertz CT molecular complexity index is 903. The molecule has 0 aliphatic heterocycles. The van der Waals surface area contributed by atoms with Gasteiger partial charge in [-0.3, -0.25) is 4.79 Å². The van der Waals surface area contributed by atoms with Crippen LogP contribution < -0.4 is 5.32 Å². The lowest BCUT2D eigenvalue weighted by Gasteiger charge is -2.18. The van der Waals surface area contributed by atoms with Gasteiger partial charge in [-0.25, -0.2) is 9.97 Å². The number of hydrogen-bond donors (Lipinski definition) is 1. The van der Waals surface area contributed by atoms with E-state index in [1.165, 1.54) is 16.0 Å². The van der Waals surface area contributed by atoms with Crippen molar-refractivity contribution in [3.05, 3.63) is 41.5 Å². The van der Waals surface area contributed by atoms with E-state index in [0.717, 1.165) is 35.5 Å². The zero-order valence-corrected chi connectivity index (χ0v) is 17.0. The summed E-state index contributed by atoms with van der Waals surface area (Å²) in [7, 11) is 0. The summed E-state index contributed by atoms with van der Waals surface area (Å²) in [6.45, 7) is 8.40. The number of aromatic nitrogens is 2. The molecule has 3 aromatic rings. The summed E-state index contributed by atoms with van der Waals surface area (Å²) in [4.78, 5) is 25.2. The Morgan fingerprint density at radius 2 is 1.89 bits per heavy atom. The summed E-state index contributed by atoms with van der Waals surface area (Å²) >= 11 is 1.69. The summed E-state index contributed by atoms with van der Waals surface area (Å²) in [6.07, 6.45) is 2.94. The fourth-order valence-corrected chi connectivity index (χ4v) is 4.32. The molecule has 3 rings (SSSR count). The normalized spacial score (nSPS) is 10.9. The van der Waals surface area contributed by atoms with Crippen molar-refractivity contribution >= 4 is 33.3 Å². The molecular formula is C21H26N4OS. The standard InChI is InChI=1S/C21H26N4OS/c1-4-25(5-2)17(26)12-9-13-22-20-19-18(16-10-7-6-8-11-16)15(3)27-21(19)24-14-23-20/h6-8,10-11,14H,4-5,9,12-13H2,1-3H3,(H,22,23,24). The van der Waals surface area contributed by atoms with Crippen LogP contribution in [-0.2, 0) is 4.79 Å². The van der Waals surface area contributed by atoms with Gasteiger partial charge in [0.1, 0.15) is 17.0 Å². The molecule has 2 aromatic heterocycles. The monoisotopic (exact) mass is 382 g/mol. The van der Waals surface area contributed by atoms with E-state index in [1.54, 1.807) is 17.7 Å². The second kappa shape index (κ2) is 8.95. The molecule has 0 spiro atoms. The van der Waals surface area contributed by atoms with Crippen molar-refractivity contribution < 1.29 is 4.79 Å². The smallest absolute Gasteiger partial charge is 0.222 e. The number of rotatable bonds is 8. The highest BCUT2D eigenvalue weighted by atomic mass is 32.1. The van der Waals surface area contributed by atoms with Crippen molar-refractivity contribution in [3.8, 4) is 11.1 Å². The van der Waals surface area contributed by atoms with E-state index < -0.39 is 0 Å². The van der Waals surface area contributed by atoms with Gasteiger partial charge in [-0.1, -0.05) is 30.3 Å². The number of aryl methyl sites for hydroxylation is 1. The van der Waals surface area contributed by atoms with Crippen LogP contribution in [0.25, 0.3) is 21.3 Å². The largest absolute Gasteiger partial charge is 0.369 e. The molecule has 0 atom stereocenters. The summed E-state index contributed by atoms with van der Waals surface area (Å²) in [5, 5.41) is 4.50. The number of hydrogen-bond acceptors (Lipinski definition) is 5. The average molecular weight is 383 g/mol. The molecule has 0 radical (unpaired) electrons.